The highest BCUT2D eigenvalue weighted by atomic mass is 79.9. The Bertz CT molecular complexity index is 430. The van der Waals surface area contributed by atoms with Gasteiger partial charge in [0.15, 0.2) is 0 Å². The zero-order chi connectivity index (χ0) is 12.5. The van der Waals surface area contributed by atoms with E-state index in [0.29, 0.717) is 0 Å². The lowest BCUT2D eigenvalue weighted by Crippen LogP contribution is -2.23. The maximum Gasteiger partial charge on any atom is 0.304 e. The molecule has 0 radical (unpaired) electrons. The standard InChI is InChI=1S/C11H11BrF2O2/c1-11(2,5-10(15)16)6-3-9(14)7(12)4-8(6)13/h3-4H,5H2,1-2H3,(H,15,16). The van der Waals surface area contributed by atoms with Crippen molar-refractivity contribution in [3.05, 3.63) is 33.8 Å². The topological polar surface area (TPSA) is 37.3 Å². The lowest BCUT2D eigenvalue weighted by Gasteiger charge is -2.23. The fourth-order valence-electron chi connectivity index (χ4n) is 1.51. The summed E-state index contributed by atoms with van der Waals surface area (Å²) in [5.41, 5.74) is -0.882. The van der Waals surface area contributed by atoms with Crippen LogP contribution >= 0.6 is 15.9 Å². The van der Waals surface area contributed by atoms with Crippen LogP contribution in [0.15, 0.2) is 16.6 Å². The Balaban J connectivity index is 3.22. The summed E-state index contributed by atoms with van der Waals surface area (Å²) in [6.07, 6.45) is -0.259. The van der Waals surface area contributed by atoms with Gasteiger partial charge in [-0.3, -0.25) is 4.79 Å². The van der Waals surface area contributed by atoms with Crippen LogP contribution in [0.2, 0.25) is 0 Å². The van der Waals surface area contributed by atoms with Crippen LogP contribution in [0.3, 0.4) is 0 Å². The Hall–Kier alpha value is -0.970. The van der Waals surface area contributed by atoms with Gasteiger partial charge in [-0.15, -0.1) is 0 Å². The highest BCUT2D eigenvalue weighted by molar-refractivity contribution is 9.10. The zero-order valence-electron chi connectivity index (χ0n) is 8.85. The summed E-state index contributed by atoms with van der Waals surface area (Å²) >= 11 is 2.87. The first-order chi connectivity index (χ1) is 7.24. The Kier molecular flexibility index (Phi) is 3.68. The van der Waals surface area contributed by atoms with Crippen LogP contribution < -0.4 is 0 Å². The van der Waals surface area contributed by atoms with Crippen LogP contribution in [-0.2, 0) is 10.2 Å². The first-order valence-corrected chi connectivity index (χ1v) is 5.40. The van der Waals surface area contributed by atoms with Crippen molar-refractivity contribution in [1.82, 2.24) is 0 Å². The van der Waals surface area contributed by atoms with Crippen molar-refractivity contribution in [2.45, 2.75) is 25.7 Å². The van der Waals surface area contributed by atoms with Crippen LogP contribution in [0.4, 0.5) is 8.78 Å². The molecular weight excluding hydrogens is 282 g/mol. The van der Waals surface area contributed by atoms with Gasteiger partial charge < -0.3 is 5.11 Å². The molecule has 1 rings (SSSR count). The van der Waals surface area contributed by atoms with Gasteiger partial charge in [0.05, 0.1) is 10.9 Å². The average molecular weight is 293 g/mol. The number of carboxylic acids is 1. The minimum atomic E-state index is -1.05. The van der Waals surface area contributed by atoms with Crippen molar-refractivity contribution < 1.29 is 18.7 Å². The molecule has 0 spiro atoms. The van der Waals surface area contributed by atoms with Crippen molar-refractivity contribution in [3.8, 4) is 0 Å². The number of rotatable bonds is 3. The minimum Gasteiger partial charge on any atom is -0.481 e. The summed E-state index contributed by atoms with van der Waals surface area (Å²) in [5, 5.41) is 8.70. The van der Waals surface area contributed by atoms with Crippen LogP contribution in [0, 0.1) is 11.6 Å². The van der Waals surface area contributed by atoms with Crippen molar-refractivity contribution in [2.24, 2.45) is 0 Å². The number of carbonyl (C=O) groups is 1. The highest BCUT2D eigenvalue weighted by Gasteiger charge is 2.28. The SMILES string of the molecule is CC(C)(CC(=O)O)c1cc(F)c(Br)cc1F. The molecule has 0 aliphatic heterocycles. The van der Waals surface area contributed by atoms with Crippen molar-refractivity contribution in [3.63, 3.8) is 0 Å². The number of benzene rings is 1. The summed E-state index contributed by atoms with van der Waals surface area (Å²) in [4.78, 5) is 10.6. The number of carboxylic acid groups (broad SMARTS) is 1. The van der Waals surface area contributed by atoms with E-state index in [2.05, 4.69) is 15.9 Å². The van der Waals surface area contributed by atoms with E-state index in [1.165, 1.54) is 0 Å². The number of hydrogen-bond donors (Lipinski definition) is 1. The molecule has 0 saturated carbocycles. The second kappa shape index (κ2) is 4.49. The zero-order valence-corrected chi connectivity index (χ0v) is 10.4. The summed E-state index contributed by atoms with van der Waals surface area (Å²) in [7, 11) is 0. The van der Waals surface area contributed by atoms with Gasteiger partial charge >= 0.3 is 5.97 Å². The lowest BCUT2D eigenvalue weighted by molar-refractivity contribution is -0.138. The van der Waals surface area contributed by atoms with Crippen LogP contribution in [0.25, 0.3) is 0 Å². The molecule has 0 bridgehead atoms. The number of halogens is 3. The molecule has 0 heterocycles. The predicted octanol–water partition coefficient (Wildman–Crippen LogP) is 3.48. The smallest absolute Gasteiger partial charge is 0.304 e. The fraction of sp³-hybridized carbons (Fsp3) is 0.364. The fourth-order valence-corrected chi connectivity index (χ4v) is 1.83. The van der Waals surface area contributed by atoms with E-state index in [9.17, 15) is 13.6 Å². The molecular formula is C11H11BrF2O2. The third kappa shape index (κ3) is 2.78. The molecule has 5 heteroatoms. The monoisotopic (exact) mass is 292 g/mol. The molecule has 0 atom stereocenters. The molecule has 2 nitrogen and oxygen atoms in total. The van der Waals surface area contributed by atoms with E-state index in [1.807, 2.05) is 0 Å². The third-order valence-electron chi connectivity index (χ3n) is 2.33. The van der Waals surface area contributed by atoms with Gasteiger partial charge in [0, 0.05) is 5.41 Å². The molecule has 0 amide bonds. The van der Waals surface area contributed by atoms with E-state index >= 15 is 0 Å². The van der Waals surface area contributed by atoms with Gasteiger partial charge in [0.1, 0.15) is 11.6 Å². The molecule has 1 aromatic rings. The second-order valence-electron chi connectivity index (χ2n) is 4.20. The molecule has 0 fully saturated rings. The molecule has 0 aliphatic rings. The molecule has 1 aromatic carbocycles. The Morgan fingerprint density at radius 3 is 2.44 bits per heavy atom. The van der Waals surface area contributed by atoms with E-state index in [-0.39, 0.29) is 16.5 Å². The Morgan fingerprint density at radius 1 is 1.38 bits per heavy atom. The van der Waals surface area contributed by atoms with Crippen LogP contribution in [0.1, 0.15) is 25.8 Å². The van der Waals surface area contributed by atoms with Gasteiger partial charge in [-0.2, -0.15) is 0 Å². The second-order valence-corrected chi connectivity index (χ2v) is 5.05. The number of hydrogen-bond acceptors (Lipinski definition) is 1. The van der Waals surface area contributed by atoms with Crippen LogP contribution in [0.5, 0.6) is 0 Å². The molecule has 88 valence electrons. The first kappa shape index (κ1) is 13.1. The molecule has 0 aromatic heterocycles. The lowest BCUT2D eigenvalue weighted by atomic mass is 9.81. The number of aliphatic carboxylic acids is 1. The predicted molar refractivity (Wildman–Crippen MR) is 59.3 cm³/mol. The first-order valence-electron chi connectivity index (χ1n) is 4.61. The average Bonchev–Trinajstić information content (AvgIpc) is 2.08. The van der Waals surface area contributed by atoms with Gasteiger partial charge in [0.2, 0.25) is 0 Å². The summed E-state index contributed by atoms with van der Waals surface area (Å²) in [6, 6.07) is 2.04. The van der Waals surface area contributed by atoms with Crippen molar-refractivity contribution in [2.75, 3.05) is 0 Å². The van der Waals surface area contributed by atoms with Crippen molar-refractivity contribution in [1.29, 1.82) is 0 Å². The summed E-state index contributed by atoms with van der Waals surface area (Å²) in [5.74, 6) is -2.26. The van der Waals surface area contributed by atoms with Gasteiger partial charge in [-0.25, -0.2) is 8.78 Å². The van der Waals surface area contributed by atoms with Gasteiger partial charge in [-0.1, -0.05) is 13.8 Å². The largest absolute Gasteiger partial charge is 0.481 e. The van der Waals surface area contributed by atoms with E-state index in [1.54, 1.807) is 13.8 Å². The maximum absolute atomic E-state index is 13.6. The summed E-state index contributed by atoms with van der Waals surface area (Å²) in [6.45, 7) is 3.12. The molecule has 1 N–H and O–H groups in total. The van der Waals surface area contributed by atoms with Gasteiger partial charge in [0.25, 0.3) is 0 Å². The summed E-state index contributed by atoms with van der Waals surface area (Å²) < 4.78 is 26.9. The van der Waals surface area contributed by atoms with E-state index in [4.69, 9.17) is 5.11 Å². The molecule has 0 aliphatic carbocycles. The molecule has 16 heavy (non-hydrogen) atoms. The maximum atomic E-state index is 13.6. The minimum absolute atomic E-state index is 0.0277. The molecule has 0 saturated heterocycles. The Morgan fingerprint density at radius 2 is 1.94 bits per heavy atom. The van der Waals surface area contributed by atoms with Crippen LogP contribution in [-0.4, -0.2) is 11.1 Å². The molecule has 0 unspecified atom stereocenters. The van der Waals surface area contributed by atoms with Crippen molar-refractivity contribution >= 4 is 21.9 Å². The Labute approximate surface area is 100 Å². The van der Waals surface area contributed by atoms with E-state index < -0.39 is 23.0 Å². The normalized spacial score (nSPS) is 11.6. The van der Waals surface area contributed by atoms with Gasteiger partial charge in [-0.05, 0) is 33.6 Å². The highest BCUT2D eigenvalue weighted by Crippen LogP contribution is 2.32. The quantitative estimate of drug-likeness (QED) is 0.866. The van der Waals surface area contributed by atoms with E-state index in [0.717, 1.165) is 12.1 Å². The third-order valence-corrected chi connectivity index (χ3v) is 2.94.